The number of fused-ring (bicyclic) bond motifs is 1. The Hall–Kier alpha value is -1.35. The minimum Gasteiger partial charge on any atom is -0.368 e. The van der Waals surface area contributed by atoms with Crippen LogP contribution in [0.4, 0.5) is 0 Å². The summed E-state index contributed by atoms with van der Waals surface area (Å²) in [6.07, 6.45) is 1.73. The SMILES string of the molecule is NC(=O)C1CCc2ccccc2CN1. The van der Waals surface area contributed by atoms with Gasteiger partial charge in [0.2, 0.25) is 5.91 Å². The third kappa shape index (κ3) is 1.77. The maximum atomic E-state index is 11.0. The Morgan fingerprint density at radius 2 is 2.07 bits per heavy atom. The van der Waals surface area contributed by atoms with Crippen molar-refractivity contribution in [1.29, 1.82) is 0 Å². The number of rotatable bonds is 1. The molecule has 1 aliphatic heterocycles. The lowest BCUT2D eigenvalue weighted by Crippen LogP contribution is -2.40. The lowest BCUT2D eigenvalue weighted by Gasteiger charge is -2.10. The van der Waals surface area contributed by atoms with Gasteiger partial charge in [-0.25, -0.2) is 0 Å². The van der Waals surface area contributed by atoms with Crippen LogP contribution in [-0.2, 0) is 17.8 Å². The summed E-state index contributed by atoms with van der Waals surface area (Å²) in [5.74, 6) is -0.252. The number of primary amides is 1. The highest BCUT2D eigenvalue weighted by atomic mass is 16.1. The fourth-order valence-corrected chi connectivity index (χ4v) is 1.85. The smallest absolute Gasteiger partial charge is 0.234 e. The molecule has 1 atom stereocenters. The van der Waals surface area contributed by atoms with Gasteiger partial charge in [0.25, 0.3) is 0 Å². The standard InChI is InChI=1S/C11H14N2O/c12-11(14)10-6-5-8-3-1-2-4-9(8)7-13-10/h1-4,10,13H,5-7H2,(H2,12,14). The van der Waals surface area contributed by atoms with Crippen LogP contribution in [-0.4, -0.2) is 11.9 Å². The Kier molecular flexibility index (Phi) is 2.50. The minimum absolute atomic E-state index is 0.178. The Labute approximate surface area is 83.3 Å². The molecule has 2 rings (SSSR count). The van der Waals surface area contributed by atoms with Gasteiger partial charge in [0.05, 0.1) is 6.04 Å². The topological polar surface area (TPSA) is 55.1 Å². The molecule has 0 spiro atoms. The number of hydrogen-bond donors (Lipinski definition) is 2. The van der Waals surface area contributed by atoms with Gasteiger partial charge in [0.1, 0.15) is 0 Å². The number of carbonyl (C=O) groups excluding carboxylic acids is 1. The number of nitrogens with two attached hydrogens (primary N) is 1. The fourth-order valence-electron chi connectivity index (χ4n) is 1.85. The molecule has 3 nitrogen and oxygen atoms in total. The highest BCUT2D eigenvalue weighted by molar-refractivity contribution is 5.79. The van der Waals surface area contributed by atoms with E-state index in [2.05, 4.69) is 17.4 Å². The van der Waals surface area contributed by atoms with E-state index in [9.17, 15) is 4.79 Å². The molecular weight excluding hydrogens is 176 g/mol. The molecule has 1 aromatic rings. The first kappa shape index (κ1) is 9.21. The van der Waals surface area contributed by atoms with Gasteiger partial charge >= 0.3 is 0 Å². The first-order valence-electron chi connectivity index (χ1n) is 4.87. The number of aryl methyl sites for hydroxylation is 1. The molecule has 0 aromatic heterocycles. The molecule has 0 fully saturated rings. The first-order valence-corrected chi connectivity index (χ1v) is 4.87. The highest BCUT2D eigenvalue weighted by Gasteiger charge is 2.18. The largest absolute Gasteiger partial charge is 0.368 e. The minimum atomic E-state index is -0.252. The van der Waals surface area contributed by atoms with Crippen molar-refractivity contribution in [1.82, 2.24) is 5.32 Å². The zero-order valence-corrected chi connectivity index (χ0v) is 7.99. The normalized spacial score (nSPS) is 21.0. The van der Waals surface area contributed by atoms with E-state index >= 15 is 0 Å². The number of nitrogens with one attached hydrogen (secondary N) is 1. The summed E-state index contributed by atoms with van der Waals surface area (Å²) < 4.78 is 0. The van der Waals surface area contributed by atoms with Crippen molar-refractivity contribution in [2.45, 2.75) is 25.4 Å². The van der Waals surface area contributed by atoms with E-state index in [4.69, 9.17) is 5.73 Å². The maximum absolute atomic E-state index is 11.0. The van der Waals surface area contributed by atoms with Crippen molar-refractivity contribution in [2.24, 2.45) is 5.73 Å². The van der Waals surface area contributed by atoms with E-state index in [-0.39, 0.29) is 11.9 Å². The van der Waals surface area contributed by atoms with E-state index in [0.717, 1.165) is 19.4 Å². The molecule has 3 N–H and O–H groups in total. The summed E-state index contributed by atoms with van der Waals surface area (Å²) in [4.78, 5) is 11.0. The van der Waals surface area contributed by atoms with Crippen molar-refractivity contribution in [3.63, 3.8) is 0 Å². The molecule has 74 valence electrons. The summed E-state index contributed by atoms with van der Waals surface area (Å²) >= 11 is 0. The zero-order valence-electron chi connectivity index (χ0n) is 7.99. The Morgan fingerprint density at radius 3 is 2.79 bits per heavy atom. The van der Waals surface area contributed by atoms with Crippen LogP contribution in [0.2, 0.25) is 0 Å². The van der Waals surface area contributed by atoms with Gasteiger partial charge in [-0.2, -0.15) is 0 Å². The fraction of sp³-hybridized carbons (Fsp3) is 0.364. The molecule has 0 saturated heterocycles. The van der Waals surface area contributed by atoms with Gasteiger partial charge in [0, 0.05) is 6.54 Å². The van der Waals surface area contributed by atoms with Crippen LogP contribution < -0.4 is 11.1 Å². The van der Waals surface area contributed by atoms with E-state index < -0.39 is 0 Å². The number of hydrogen-bond acceptors (Lipinski definition) is 2. The first-order chi connectivity index (χ1) is 6.77. The molecule has 1 unspecified atom stereocenters. The Morgan fingerprint density at radius 1 is 1.36 bits per heavy atom. The highest BCUT2D eigenvalue weighted by Crippen LogP contribution is 2.15. The monoisotopic (exact) mass is 190 g/mol. The van der Waals surface area contributed by atoms with Crippen LogP contribution in [0.1, 0.15) is 17.5 Å². The molecule has 1 aromatic carbocycles. The third-order valence-electron chi connectivity index (χ3n) is 2.70. The van der Waals surface area contributed by atoms with Crippen molar-refractivity contribution in [2.75, 3.05) is 0 Å². The van der Waals surface area contributed by atoms with E-state index in [1.165, 1.54) is 11.1 Å². The average molecular weight is 190 g/mol. The Balaban J connectivity index is 2.18. The van der Waals surface area contributed by atoms with Crippen molar-refractivity contribution in [3.05, 3.63) is 35.4 Å². The quantitative estimate of drug-likeness (QED) is 0.680. The predicted molar refractivity (Wildman–Crippen MR) is 54.6 cm³/mol. The number of amides is 1. The second-order valence-electron chi connectivity index (χ2n) is 3.64. The summed E-state index contributed by atoms with van der Waals surface area (Å²) in [6, 6.07) is 8.07. The van der Waals surface area contributed by atoms with Crippen LogP contribution >= 0.6 is 0 Å². The average Bonchev–Trinajstić information content (AvgIpc) is 2.39. The molecule has 1 heterocycles. The molecule has 3 heteroatoms. The third-order valence-corrected chi connectivity index (χ3v) is 2.70. The molecule has 14 heavy (non-hydrogen) atoms. The molecule has 0 bridgehead atoms. The van der Waals surface area contributed by atoms with E-state index in [1.54, 1.807) is 0 Å². The molecule has 1 aliphatic rings. The number of carbonyl (C=O) groups is 1. The lowest BCUT2D eigenvalue weighted by atomic mass is 10.0. The van der Waals surface area contributed by atoms with Crippen molar-refractivity contribution >= 4 is 5.91 Å². The van der Waals surface area contributed by atoms with Crippen molar-refractivity contribution in [3.8, 4) is 0 Å². The summed E-state index contributed by atoms with van der Waals surface area (Å²) in [5, 5.41) is 3.16. The van der Waals surface area contributed by atoms with Crippen LogP contribution in [0.5, 0.6) is 0 Å². The van der Waals surface area contributed by atoms with Crippen LogP contribution in [0.3, 0.4) is 0 Å². The molecule has 0 saturated carbocycles. The van der Waals surface area contributed by atoms with Crippen LogP contribution in [0.25, 0.3) is 0 Å². The maximum Gasteiger partial charge on any atom is 0.234 e. The van der Waals surface area contributed by atoms with Gasteiger partial charge < -0.3 is 11.1 Å². The lowest BCUT2D eigenvalue weighted by molar-refractivity contribution is -0.120. The summed E-state index contributed by atoms with van der Waals surface area (Å²) in [5.41, 5.74) is 7.87. The van der Waals surface area contributed by atoms with Gasteiger partial charge in [-0.15, -0.1) is 0 Å². The van der Waals surface area contributed by atoms with Gasteiger partial charge in [-0.1, -0.05) is 24.3 Å². The number of benzene rings is 1. The zero-order chi connectivity index (χ0) is 9.97. The molecule has 1 amide bonds. The van der Waals surface area contributed by atoms with Gasteiger partial charge in [-0.05, 0) is 24.0 Å². The van der Waals surface area contributed by atoms with Crippen LogP contribution in [0, 0.1) is 0 Å². The van der Waals surface area contributed by atoms with E-state index in [1.807, 2.05) is 12.1 Å². The van der Waals surface area contributed by atoms with Gasteiger partial charge in [0.15, 0.2) is 0 Å². The predicted octanol–water partition coefficient (Wildman–Crippen LogP) is 0.576. The second-order valence-corrected chi connectivity index (χ2v) is 3.64. The second kappa shape index (κ2) is 3.80. The molecule has 0 aliphatic carbocycles. The van der Waals surface area contributed by atoms with Gasteiger partial charge in [-0.3, -0.25) is 4.79 Å². The van der Waals surface area contributed by atoms with Crippen molar-refractivity contribution < 1.29 is 4.79 Å². The summed E-state index contributed by atoms with van der Waals surface area (Å²) in [6.45, 7) is 0.740. The molecular formula is C11H14N2O. The Bertz CT molecular complexity index is 322. The molecule has 0 radical (unpaired) electrons. The summed E-state index contributed by atoms with van der Waals surface area (Å²) in [7, 11) is 0. The van der Waals surface area contributed by atoms with E-state index in [0.29, 0.717) is 0 Å². The van der Waals surface area contributed by atoms with Crippen LogP contribution in [0.15, 0.2) is 24.3 Å².